The van der Waals surface area contributed by atoms with Crippen LogP contribution in [0.25, 0.3) is 0 Å². The van der Waals surface area contributed by atoms with Crippen LogP contribution in [0.5, 0.6) is 0 Å². The normalized spacial score (nSPS) is 43.6. The minimum atomic E-state index is 0.159. The van der Waals surface area contributed by atoms with Gasteiger partial charge in [-0.15, -0.1) is 0 Å². The second-order valence-corrected chi connectivity index (χ2v) is 7.28. The third-order valence-corrected chi connectivity index (χ3v) is 6.41. The van der Waals surface area contributed by atoms with Crippen molar-refractivity contribution in [3.05, 3.63) is 35.9 Å². The first-order valence-electron chi connectivity index (χ1n) is 8.09. The highest BCUT2D eigenvalue weighted by atomic mass is 14.8. The second-order valence-electron chi connectivity index (χ2n) is 7.28. The number of rotatable bonds is 3. The lowest BCUT2D eigenvalue weighted by Crippen LogP contribution is -2.49. The quantitative estimate of drug-likeness (QED) is 0.874. The van der Waals surface area contributed by atoms with E-state index < -0.39 is 0 Å². The molecule has 2 N–H and O–H groups in total. The monoisotopic (exact) mass is 255 g/mol. The average Bonchev–Trinajstić information content (AvgIpc) is 3.09. The van der Waals surface area contributed by atoms with Gasteiger partial charge in [0.05, 0.1) is 0 Å². The Labute approximate surface area is 116 Å². The minimum Gasteiger partial charge on any atom is -0.325 e. The van der Waals surface area contributed by atoms with E-state index in [1.54, 1.807) is 0 Å². The summed E-state index contributed by atoms with van der Waals surface area (Å²) in [5, 5.41) is 0. The van der Waals surface area contributed by atoms with Crippen molar-refractivity contribution in [3.63, 3.8) is 0 Å². The predicted octanol–water partition coefficient (Wildman–Crippen LogP) is 3.77. The molecule has 3 fully saturated rings. The molecule has 1 aromatic carbocycles. The SMILES string of the molecule is NC1(CCc2ccccc2)CC2CC1C1CCCC21. The van der Waals surface area contributed by atoms with Gasteiger partial charge in [-0.2, -0.15) is 0 Å². The highest BCUT2D eigenvalue weighted by Crippen LogP contribution is 2.62. The number of fused-ring (bicyclic) bond motifs is 5. The Hall–Kier alpha value is -0.820. The third kappa shape index (κ3) is 1.86. The van der Waals surface area contributed by atoms with Crippen molar-refractivity contribution in [2.24, 2.45) is 29.4 Å². The Morgan fingerprint density at radius 2 is 1.89 bits per heavy atom. The Morgan fingerprint density at radius 3 is 2.74 bits per heavy atom. The van der Waals surface area contributed by atoms with E-state index in [1.165, 1.54) is 44.1 Å². The van der Waals surface area contributed by atoms with Gasteiger partial charge in [0.1, 0.15) is 0 Å². The van der Waals surface area contributed by atoms with Gasteiger partial charge in [-0.05, 0) is 67.8 Å². The molecule has 0 aromatic heterocycles. The molecule has 5 atom stereocenters. The van der Waals surface area contributed by atoms with Gasteiger partial charge in [-0.1, -0.05) is 36.8 Å². The number of nitrogens with two attached hydrogens (primary N) is 1. The molecule has 0 heterocycles. The molecular formula is C18H25N. The predicted molar refractivity (Wildman–Crippen MR) is 78.7 cm³/mol. The summed E-state index contributed by atoms with van der Waals surface area (Å²) in [7, 11) is 0. The van der Waals surface area contributed by atoms with Crippen molar-refractivity contribution in [1.82, 2.24) is 0 Å². The fourth-order valence-electron chi connectivity index (χ4n) is 5.62. The van der Waals surface area contributed by atoms with Crippen LogP contribution < -0.4 is 5.73 Å². The first-order chi connectivity index (χ1) is 9.26. The lowest BCUT2D eigenvalue weighted by atomic mass is 9.69. The molecule has 2 bridgehead atoms. The van der Waals surface area contributed by atoms with Crippen LogP contribution in [0.1, 0.15) is 44.1 Å². The third-order valence-electron chi connectivity index (χ3n) is 6.41. The van der Waals surface area contributed by atoms with Crippen molar-refractivity contribution >= 4 is 0 Å². The summed E-state index contributed by atoms with van der Waals surface area (Å²) >= 11 is 0. The van der Waals surface area contributed by atoms with E-state index in [2.05, 4.69) is 30.3 Å². The largest absolute Gasteiger partial charge is 0.325 e. The Bertz CT molecular complexity index is 454. The zero-order valence-corrected chi connectivity index (χ0v) is 11.7. The van der Waals surface area contributed by atoms with E-state index in [4.69, 9.17) is 5.73 Å². The van der Waals surface area contributed by atoms with E-state index in [9.17, 15) is 0 Å². The van der Waals surface area contributed by atoms with Crippen LogP contribution in [-0.4, -0.2) is 5.54 Å². The van der Waals surface area contributed by atoms with Crippen LogP contribution in [0, 0.1) is 23.7 Å². The van der Waals surface area contributed by atoms with Crippen molar-refractivity contribution in [1.29, 1.82) is 0 Å². The molecule has 0 saturated heterocycles. The lowest BCUT2D eigenvalue weighted by Gasteiger charge is -2.40. The highest BCUT2D eigenvalue weighted by Gasteiger charge is 2.58. The minimum absolute atomic E-state index is 0.159. The Kier molecular flexibility index (Phi) is 2.73. The van der Waals surface area contributed by atoms with Crippen molar-refractivity contribution in [2.45, 2.75) is 50.5 Å². The molecule has 0 radical (unpaired) electrons. The van der Waals surface area contributed by atoms with Crippen molar-refractivity contribution < 1.29 is 0 Å². The van der Waals surface area contributed by atoms with Gasteiger partial charge in [0.2, 0.25) is 0 Å². The molecular weight excluding hydrogens is 230 g/mol. The number of benzene rings is 1. The summed E-state index contributed by atoms with van der Waals surface area (Å²) in [6.07, 6.45) is 9.56. The molecule has 19 heavy (non-hydrogen) atoms. The average molecular weight is 255 g/mol. The van der Waals surface area contributed by atoms with Crippen LogP contribution in [0.3, 0.4) is 0 Å². The van der Waals surface area contributed by atoms with Crippen LogP contribution in [0.2, 0.25) is 0 Å². The molecule has 0 amide bonds. The molecule has 3 aliphatic rings. The highest BCUT2D eigenvalue weighted by molar-refractivity contribution is 5.18. The van der Waals surface area contributed by atoms with Crippen LogP contribution in [-0.2, 0) is 6.42 Å². The maximum Gasteiger partial charge on any atom is 0.0191 e. The topological polar surface area (TPSA) is 26.0 Å². The van der Waals surface area contributed by atoms with Gasteiger partial charge < -0.3 is 5.73 Å². The summed E-state index contributed by atoms with van der Waals surface area (Å²) in [5.41, 5.74) is 8.46. The summed E-state index contributed by atoms with van der Waals surface area (Å²) in [4.78, 5) is 0. The zero-order chi connectivity index (χ0) is 12.9. The maximum absolute atomic E-state index is 6.85. The summed E-state index contributed by atoms with van der Waals surface area (Å²) in [5.74, 6) is 3.85. The smallest absolute Gasteiger partial charge is 0.0191 e. The van der Waals surface area contributed by atoms with E-state index >= 15 is 0 Å². The van der Waals surface area contributed by atoms with E-state index in [1.807, 2.05) is 0 Å². The standard InChI is InChI=1S/C18H25N/c19-18(10-9-13-5-2-1-3-6-13)12-14-11-17(18)16-8-4-7-15(14)16/h1-3,5-6,14-17H,4,7-12,19H2. The van der Waals surface area contributed by atoms with Crippen molar-refractivity contribution in [2.75, 3.05) is 0 Å². The van der Waals surface area contributed by atoms with Gasteiger partial charge in [0.25, 0.3) is 0 Å². The molecule has 1 nitrogen and oxygen atoms in total. The van der Waals surface area contributed by atoms with Gasteiger partial charge in [0, 0.05) is 5.54 Å². The molecule has 1 aromatic rings. The molecule has 3 aliphatic carbocycles. The van der Waals surface area contributed by atoms with E-state index in [0.717, 1.165) is 30.1 Å². The first-order valence-corrected chi connectivity index (χ1v) is 8.09. The summed E-state index contributed by atoms with van der Waals surface area (Å²) in [6, 6.07) is 10.9. The van der Waals surface area contributed by atoms with Crippen LogP contribution in [0.4, 0.5) is 0 Å². The van der Waals surface area contributed by atoms with E-state index in [0.29, 0.717) is 0 Å². The molecule has 4 rings (SSSR count). The Balaban J connectivity index is 1.47. The number of hydrogen-bond donors (Lipinski definition) is 1. The molecule has 0 spiro atoms. The van der Waals surface area contributed by atoms with Gasteiger partial charge in [0.15, 0.2) is 0 Å². The molecule has 3 saturated carbocycles. The number of aryl methyl sites for hydroxylation is 1. The lowest BCUT2D eigenvalue weighted by molar-refractivity contribution is 0.148. The van der Waals surface area contributed by atoms with Gasteiger partial charge >= 0.3 is 0 Å². The van der Waals surface area contributed by atoms with Gasteiger partial charge in [-0.3, -0.25) is 0 Å². The summed E-state index contributed by atoms with van der Waals surface area (Å²) in [6.45, 7) is 0. The van der Waals surface area contributed by atoms with Crippen molar-refractivity contribution in [3.8, 4) is 0 Å². The molecule has 5 unspecified atom stereocenters. The molecule has 102 valence electrons. The fourth-order valence-corrected chi connectivity index (χ4v) is 5.62. The van der Waals surface area contributed by atoms with E-state index in [-0.39, 0.29) is 5.54 Å². The zero-order valence-electron chi connectivity index (χ0n) is 11.7. The maximum atomic E-state index is 6.85. The van der Waals surface area contributed by atoms with Gasteiger partial charge in [-0.25, -0.2) is 0 Å². The molecule has 1 heteroatoms. The Morgan fingerprint density at radius 1 is 1.11 bits per heavy atom. The fraction of sp³-hybridized carbons (Fsp3) is 0.667. The first kappa shape index (κ1) is 12.0. The summed E-state index contributed by atoms with van der Waals surface area (Å²) < 4.78 is 0. The van der Waals surface area contributed by atoms with Crippen LogP contribution >= 0.6 is 0 Å². The second kappa shape index (κ2) is 4.34. The molecule has 0 aliphatic heterocycles. The number of hydrogen-bond acceptors (Lipinski definition) is 1. The van der Waals surface area contributed by atoms with Crippen LogP contribution in [0.15, 0.2) is 30.3 Å².